The Morgan fingerprint density at radius 1 is 1.00 bits per heavy atom. The first kappa shape index (κ1) is 18.5. The van der Waals surface area contributed by atoms with Crippen LogP contribution in [0.15, 0.2) is 36.9 Å². The van der Waals surface area contributed by atoms with E-state index in [1.807, 2.05) is 22.8 Å². The highest BCUT2D eigenvalue weighted by atomic mass is 16.4. The van der Waals surface area contributed by atoms with Crippen molar-refractivity contribution in [1.82, 2.24) is 34.7 Å². The Bertz CT molecular complexity index is 1090. The van der Waals surface area contributed by atoms with Gasteiger partial charge in [0.25, 0.3) is 5.91 Å². The summed E-state index contributed by atoms with van der Waals surface area (Å²) < 4.78 is 3.51. The number of hydrogen-bond acceptors (Lipinski definition) is 6. The molecule has 1 N–H and O–H groups in total. The van der Waals surface area contributed by atoms with Crippen LogP contribution in [0.3, 0.4) is 0 Å². The maximum atomic E-state index is 13.0. The van der Waals surface area contributed by atoms with Crippen LogP contribution >= 0.6 is 0 Å². The van der Waals surface area contributed by atoms with Crippen molar-refractivity contribution in [3.8, 4) is 11.4 Å². The molecule has 10 heteroatoms. The monoisotopic (exact) mass is 407 g/mol. The van der Waals surface area contributed by atoms with Gasteiger partial charge in [-0.25, -0.2) is 9.48 Å². The van der Waals surface area contributed by atoms with Crippen molar-refractivity contribution in [3.05, 3.63) is 48.0 Å². The van der Waals surface area contributed by atoms with E-state index in [1.54, 1.807) is 23.1 Å². The van der Waals surface area contributed by atoms with Crippen LogP contribution in [0, 0.1) is 0 Å². The lowest BCUT2D eigenvalue weighted by molar-refractivity contribution is 0.0522. The van der Waals surface area contributed by atoms with E-state index >= 15 is 0 Å². The number of rotatable bonds is 4. The van der Waals surface area contributed by atoms with Gasteiger partial charge in [-0.3, -0.25) is 14.5 Å². The molecule has 5 heterocycles. The first-order valence-electron chi connectivity index (χ1n) is 9.92. The fraction of sp³-hybridized carbons (Fsp3) is 0.400. The second kappa shape index (κ2) is 7.05. The lowest BCUT2D eigenvalue weighted by Crippen LogP contribution is -2.47. The van der Waals surface area contributed by atoms with Crippen LogP contribution < -0.4 is 0 Å². The Labute approximate surface area is 172 Å². The highest BCUT2D eigenvalue weighted by Crippen LogP contribution is 2.41. The third-order valence-electron chi connectivity index (χ3n) is 6.05. The van der Waals surface area contributed by atoms with Gasteiger partial charge in [0.2, 0.25) is 0 Å². The van der Waals surface area contributed by atoms with Crippen LogP contribution in [-0.4, -0.2) is 63.7 Å². The normalized spacial score (nSPS) is 23.0. The molecule has 2 fully saturated rings. The van der Waals surface area contributed by atoms with Crippen LogP contribution in [0.1, 0.15) is 52.4 Å². The van der Waals surface area contributed by atoms with Crippen LogP contribution in [0.2, 0.25) is 0 Å². The van der Waals surface area contributed by atoms with Crippen molar-refractivity contribution < 1.29 is 14.7 Å². The highest BCUT2D eigenvalue weighted by molar-refractivity contribution is 5.94. The standard InChI is InChI=1S/C20H21N7O3/c1-25-10-13(9-22-25)19(28)27-14-3-4-15(27)7-16(6-14)26-11-18(23-24-26)17-5-2-12(8-21-17)20(29)30/h2,5,8-11,14-16H,3-4,6-7H2,1H3,(H,29,30). The summed E-state index contributed by atoms with van der Waals surface area (Å²) in [5, 5.41) is 21.6. The molecule has 2 atom stereocenters. The van der Waals surface area contributed by atoms with Gasteiger partial charge in [-0.05, 0) is 37.8 Å². The Hall–Kier alpha value is -3.56. The van der Waals surface area contributed by atoms with Crippen molar-refractivity contribution in [3.63, 3.8) is 0 Å². The van der Waals surface area contributed by atoms with E-state index in [9.17, 15) is 9.59 Å². The molecule has 2 bridgehead atoms. The first-order chi connectivity index (χ1) is 14.5. The molecule has 5 rings (SSSR count). The molecule has 3 aromatic rings. The van der Waals surface area contributed by atoms with Gasteiger partial charge in [0, 0.05) is 31.5 Å². The highest BCUT2D eigenvalue weighted by Gasteiger charge is 2.44. The molecule has 154 valence electrons. The summed E-state index contributed by atoms with van der Waals surface area (Å²) in [6, 6.07) is 3.67. The number of aryl methyl sites for hydroxylation is 1. The molecular formula is C20H21N7O3. The lowest BCUT2D eigenvalue weighted by Gasteiger charge is -2.38. The maximum absolute atomic E-state index is 13.0. The first-order valence-corrected chi connectivity index (χ1v) is 9.92. The maximum Gasteiger partial charge on any atom is 0.337 e. The molecule has 30 heavy (non-hydrogen) atoms. The summed E-state index contributed by atoms with van der Waals surface area (Å²) in [5.74, 6) is -0.961. The summed E-state index contributed by atoms with van der Waals surface area (Å²) in [7, 11) is 1.81. The molecular weight excluding hydrogens is 386 g/mol. The minimum Gasteiger partial charge on any atom is -0.478 e. The van der Waals surface area contributed by atoms with E-state index in [2.05, 4.69) is 20.4 Å². The Morgan fingerprint density at radius 2 is 1.77 bits per heavy atom. The van der Waals surface area contributed by atoms with E-state index in [4.69, 9.17) is 5.11 Å². The van der Waals surface area contributed by atoms with Crippen LogP contribution in [0.4, 0.5) is 0 Å². The molecule has 0 aromatic carbocycles. The molecule has 2 saturated heterocycles. The number of carbonyl (C=O) groups excluding carboxylic acids is 1. The van der Waals surface area contributed by atoms with Crippen molar-refractivity contribution in [2.45, 2.75) is 43.8 Å². The average Bonchev–Trinajstić information content (AvgIpc) is 3.46. The number of amides is 1. The summed E-state index contributed by atoms with van der Waals surface area (Å²) >= 11 is 0. The van der Waals surface area contributed by atoms with Gasteiger partial charge in [0.15, 0.2) is 0 Å². The van der Waals surface area contributed by atoms with Crippen molar-refractivity contribution in [2.75, 3.05) is 0 Å². The van der Waals surface area contributed by atoms with Crippen LogP contribution in [0.5, 0.6) is 0 Å². The number of aromatic nitrogens is 6. The van der Waals surface area contributed by atoms with Gasteiger partial charge in [0.1, 0.15) is 5.69 Å². The predicted molar refractivity (Wildman–Crippen MR) is 105 cm³/mol. The van der Waals surface area contributed by atoms with E-state index < -0.39 is 5.97 Å². The molecule has 0 spiro atoms. The van der Waals surface area contributed by atoms with Crippen molar-refractivity contribution in [2.24, 2.45) is 7.05 Å². The zero-order valence-electron chi connectivity index (χ0n) is 16.4. The van der Waals surface area contributed by atoms with Gasteiger partial charge < -0.3 is 10.0 Å². The molecule has 10 nitrogen and oxygen atoms in total. The molecule has 2 aliphatic heterocycles. The molecule has 2 aliphatic rings. The van der Waals surface area contributed by atoms with Gasteiger partial charge in [-0.1, -0.05) is 5.21 Å². The number of aromatic carboxylic acids is 1. The van der Waals surface area contributed by atoms with Crippen LogP contribution in [0.25, 0.3) is 11.4 Å². The van der Waals surface area contributed by atoms with Crippen molar-refractivity contribution >= 4 is 11.9 Å². The van der Waals surface area contributed by atoms with E-state index in [-0.39, 0.29) is 29.6 Å². The predicted octanol–water partition coefficient (Wildman–Crippen LogP) is 1.78. The SMILES string of the molecule is Cn1cc(C(=O)N2C3CCC2CC(n2cc(-c4ccc(C(=O)O)cn4)nn2)C3)cn1. The quantitative estimate of drug-likeness (QED) is 0.700. The van der Waals surface area contributed by atoms with E-state index in [0.717, 1.165) is 25.7 Å². The summed E-state index contributed by atoms with van der Waals surface area (Å²) in [6.45, 7) is 0. The largest absolute Gasteiger partial charge is 0.478 e. The minimum absolute atomic E-state index is 0.0519. The van der Waals surface area contributed by atoms with Gasteiger partial charge in [0.05, 0.1) is 35.3 Å². The second-order valence-corrected chi connectivity index (χ2v) is 7.95. The minimum atomic E-state index is -1.01. The van der Waals surface area contributed by atoms with Gasteiger partial charge in [-0.15, -0.1) is 5.10 Å². The number of carboxylic acids is 1. The fourth-order valence-electron chi connectivity index (χ4n) is 4.62. The number of carbonyl (C=O) groups is 2. The second-order valence-electron chi connectivity index (χ2n) is 7.95. The van der Waals surface area contributed by atoms with Crippen molar-refractivity contribution in [1.29, 1.82) is 0 Å². The zero-order valence-corrected chi connectivity index (χ0v) is 16.4. The van der Waals surface area contributed by atoms with E-state index in [1.165, 1.54) is 12.3 Å². The smallest absolute Gasteiger partial charge is 0.337 e. The number of pyridine rings is 1. The summed E-state index contributed by atoms with van der Waals surface area (Å²) in [4.78, 5) is 30.2. The molecule has 1 amide bonds. The molecule has 0 radical (unpaired) electrons. The molecule has 0 saturated carbocycles. The number of piperidine rings is 1. The number of hydrogen-bond donors (Lipinski definition) is 1. The molecule has 2 unspecified atom stereocenters. The topological polar surface area (TPSA) is 119 Å². The van der Waals surface area contributed by atoms with E-state index in [0.29, 0.717) is 17.0 Å². The Morgan fingerprint density at radius 3 is 2.37 bits per heavy atom. The summed E-state index contributed by atoms with van der Waals surface area (Å²) in [6.07, 6.45) is 10.2. The molecule has 0 aliphatic carbocycles. The number of carboxylic acid groups (broad SMARTS) is 1. The molecule has 3 aromatic heterocycles. The Kier molecular flexibility index (Phi) is 4.34. The number of nitrogens with zero attached hydrogens (tertiary/aromatic N) is 7. The number of fused-ring (bicyclic) bond motifs is 2. The zero-order chi connectivity index (χ0) is 20.8. The fourth-order valence-corrected chi connectivity index (χ4v) is 4.62. The van der Waals surface area contributed by atoms with Crippen LogP contribution in [-0.2, 0) is 7.05 Å². The third-order valence-corrected chi connectivity index (χ3v) is 6.05. The summed E-state index contributed by atoms with van der Waals surface area (Å²) in [5.41, 5.74) is 1.95. The van der Waals surface area contributed by atoms with Gasteiger partial charge >= 0.3 is 5.97 Å². The lowest BCUT2D eigenvalue weighted by atomic mass is 9.96. The van der Waals surface area contributed by atoms with Gasteiger partial charge in [-0.2, -0.15) is 5.10 Å². The average molecular weight is 407 g/mol. The third kappa shape index (κ3) is 3.14. The Balaban J connectivity index is 1.32.